The molecule has 4 fully saturated rings. The molecule has 3 N–H and O–H groups in total. The first-order valence-electron chi connectivity index (χ1n) is 12.7. The van der Waals surface area contributed by atoms with E-state index in [9.17, 15) is 9.18 Å². The van der Waals surface area contributed by atoms with Crippen LogP contribution in [0.2, 0.25) is 0 Å². The summed E-state index contributed by atoms with van der Waals surface area (Å²) < 4.78 is 21.5. The van der Waals surface area contributed by atoms with E-state index in [0.29, 0.717) is 5.92 Å². The lowest BCUT2D eigenvalue weighted by molar-refractivity contribution is -0.124. The summed E-state index contributed by atoms with van der Waals surface area (Å²) in [5.41, 5.74) is 6.48. The molecule has 2 aromatic rings. The molecule has 186 valence electrons. The third kappa shape index (κ3) is 4.89. The molecule has 2 bridgehead atoms. The molecule has 0 radical (unpaired) electrons. The number of aromatic nitrogens is 3. The highest BCUT2D eigenvalue weighted by Crippen LogP contribution is 2.32. The van der Waals surface area contributed by atoms with Crippen LogP contribution in [-0.2, 0) is 4.74 Å². The smallest absolute Gasteiger partial charge is 0.259 e. The molecule has 0 aliphatic carbocycles. The van der Waals surface area contributed by atoms with Crippen molar-refractivity contribution in [3.63, 3.8) is 0 Å². The zero-order valence-electron chi connectivity index (χ0n) is 20.0. The number of nitrogen functional groups attached to an aromatic ring is 1. The lowest BCUT2D eigenvalue weighted by Gasteiger charge is -2.47. The predicted octanol–water partition coefficient (Wildman–Crippen LogP) is 1.92. The van der Waals surface area contributed by atoms with E-state index in [4.69, 9.17) is 10.5 Å². The number of amides is 1. The molecule has 2 aromatic heterocycles. The number of nitrogens with two attached hydrogens (primary N) is 1. The Kier molecular flexibility index (Phi) is 6.99. The van der Waals surface area contributed by atoms with Gasteiger partial charge in [-0.2, -0.15) is 0 Å². The Labute approximate surface area is 199 Å². The summed E-state index contributed by atoms with van der Waals surface area (Å²) in [6.07, 6.45) is 9.23. The predicted molar refractivity (Wildman–Crippen MR) is 127 cm³/mol. The van der Waals surface area contributed by atoms with Crippen molar-refractivity contribution in [2.45, 2.75) is 63.7 Å². The van der Waals surface area contributed by atoms with Crippen molar-refractivity contribution in [1.82, 2.24) is 29.7 Å². The fourth-order valence-electron chi connectivity index (χ4n) is 5.77. The van der Waals surface area contributed by atoms with Gasteiger partial charge in [0.15, 0.2) is 17.3 Å². The highest BCUT2D eigenvalue weighted by Gasteiger charge is 2.39. The quantitative estimate of drug-likeness (QED) is 0.565. The van der Waals surface area contributed by atoms with Gasteiger partial charge >= 0.3 is 0 Å². The van der Waals surface area contributed by atoms with E-state index in [1.165, 1.54) is 49.5 Å². The maximum atomic E-state index is 13.6. The van der Waals surface area contributed by atoms with Crippen LogP contribution in [0.1, 0.15) is 55.8 Å². The van der Waals surface area contributed by atoms with Crippen molar-refractivity contribution < 1.29 is 13.9 Å². The van der Waals surface area contributed by atoms with Gasteiger partial charge in [-0.1, -0.05) is 19.8 Å². The van der Waals surface area contributed by atoms with Crippen molar-refractivity contribution in [1.29, 1.82) is 0 Å². The molecule has 34 heavy (non-hydrogen) atoms. The Morgan fingerprint density at radius 1 is 1.21 bits per heavy atom. The average molecular weight is 474 g/mol. The minimum absolute atomic E-state index is 0.0427. The van der Waals surface area contributed by atoms with Gasteiger partial charge in [-0.05, 0) is 51.2 Å². The minimum atomic E-state index is -0.539. The second kappa shape index (κ2) is 10.1. The lowest BCUT2D eigenvalue weighted by Crippen LogP contribution is -2.59. The average Bonchev–Trinajstić information content (AvgIpc) is 3.16. The van der Waals surface area contributed by atoms with Gasteiger partial charge in [0.1, 0.15) is 5.56 Å². The van der Waals surface area contributed by atoms with Gasteiger partial charge in [0.05, 0.1) is 30.6 Å². The molecule has 4 saturated heterocycles. The second-order valence-electron chi connectivity index (χ2n) is 10.0. The number of likely N-dealkylation sites (tertiary alicyclic amines) is 1. The molecular weight excluding hydrogens is 437 g/mol. The molecule has 4 aliphatic heterocycles. The number of carbonyl (C=O) groups is 1. The van der Waals surface area contributed by atoms with Crippen molar-refractivity contribution in [2.75, 3.05) is 45.0 Å². The van der Waals surface area contributed by atoms with Gasteiger partial charge in [-0.3, -0.25) is 4.79 Å². The monoisotopic (exact) mass is 473 g/mol. The fourth-order valence-corrected chi connectivity index (χ4v) is 5.77. The lowest BCUT2D eigenvalue weighted by atomic mass is 9.85. The van der Waals surface area contributed by atoms with Gasteiger partial charge in [-0.25, -0.2) is 13.9 Å². The summed E-state index contributed by atoms with van der Waals surface area (Å²) in [4.78, 5) is 22.3. The molecule has 6 rings (SSSR count). The molecule has 0 aromatic carbocycles. The zero-order chi connectivity index (χ0) is 23.7. The van der Waals surface area contributed by atoms with E-state index in [-0.39, 0.29) is 41.2 Å². The highest BCUT2D eigenvalue weighted by atomic mass is 19.1. The largest absolute Gasteiger partial charge is 0.381 e. The number of nitrogens with one attached hydrogen (secondary N) is 1. The van der Waals surface area contributed by atoms with Gasteiger partial charge in [0.2, 0.25) is 0 Å². The molecule has 10 heteroatoms. The van der Waals surface area contributed by atoms with E-state index < -0.39 is 5.82 Å². The fraction of sp³-hybridized carbons (Fsp3) is 0.708. The molecule has 6 heterocycles. The summed E-state index contributed by atoms with van der Waals surface area (Å²) >= 11 is 0. The molecule has 9 nitrogen and oxygen atoms in total. The summed E-state index contributed by atoms with van der Waals surface area (Å²) in [6.45, 7) is 8.26. The number of ether oxygens (including phenoxy) is 1. The van der Waals surface area contributed by atoms with Crippen molar-refractivity contribution in [2.24, 2.45) is 5.92 Å². The first kappa shape index (κ1) is 23.4. The third-order valence-corrected chi connectivity index (χ3v) is 7.67. The SMILES string of the molecule is CCCCCN1CCC(O[C@H]2CN3CCC2CC3)C(NC(=O)c2c(N)nn3cc(F)cnc23)C1. The normalized spacial score (nSPS) is 29.5. The van der Waals surface area contributed by atoms with Crippen LogP contribution in [0.4, 0.5) is 10.2 Å². The van der Waals surface area contributed by atoms with Crippen molar-refractivity contribution >= 4 is 17.4 Å². The summed E-state index contributed by atoms with van der Waals surface area (Å²) in [6, 6.07) is -0.159. The molecule has 3 atom stereocenters. The molecule has 2 unspecified atom stereocenters. The van der Waals surface area contributed by atoms with Crippen LogP contribution in [0.15, 0.2) is 12.4 Å². The Bertz CT molecular complexity index is 1010. The van der Waals surface area contributed by atoms with Crippen LogP contribution in [0.5, 0.6) is 0 Å². The molecule has 0 spiro atoms. The van der Waals surface area contributed by atoms with Gasteiger partial charge in [0.25, 0.3) is 5.91 Å². The van der Waals surface area contributed by atoms with Crippen molar-refractivity contribution in [3.05, 3.63) is 23.8 Å². The van der Waals surface area contributed by atoms with E-state index >= 15 is 0 Å². The first-order chi connectivity index (χ1) is 16.5. The summed E-state index contributed by atoms with van der Waals surface area (Å²) in [5, 5.41) is 7.26. The van der Waals surface area contributed by atoms with Crippen LogP contribution < -0.4 is 11.1 Å². The number of hydrogen-bond donors (Lipinski definition) is 2. The maximum Gasteiger partial charge on any atom is 0.259 e. The maximum absolute atomic E-state index is 13.6. The third-order valence-electron chi connectivity index (χ3n) is 7.67. The zero-order valence-corrected chi connectivity index (χ0v) is 20.0. The van der Waals surface area contributed by atoms with E-state index in [1.807, 2.05) is 0 Å². The number of nitrogens with zero attached hydrogens (tertiary/aromatic N) is 5. The minimum Gasteiger partial charge on any atom is -0.381 e. The number of piperidine rings is 4. The number of rotatable bonds is 8. The number of halogens is 1. The van der Waals surface area contributed by atoms with E-state index in [0.717, 1.165) is 45.2 Å². The number of anilines is 1. The molecular formula is C24H36FN7O2. The number of carbonyl (C=O) groups excluding carboxylic acids is 1. The second-order valence-corrected chi connectivity index (χ2v) is 10.0. The summed E-state index contributed by atoms with van der Waals surface area (Å²) in [7, 11) is 0. The number of unbranched alkanes of at least 4 members (excludes halogenated alkanes) is 2. The molecule has 1 amide bonds. The standard InChI is InChI=1S/C24H36FN7O2/c1-2-3-4-8-30-11-7-19(34-20-15-31-9-5-16(20)6-10-31)18(14-30)28-24(33)21-22(26)29-32-13-17(25)12-27-23(21)32/h12-13,16,18-20H,2-11,14-15H2,1H3,(H2,26,29)(H,28,33)/t18?,19?,20-/m0/s1. The summed E-state index contributed by atoms with van der Waals surface area (Å²) in [5.74, 6) is -0.225. The topological polar surface area (TPSA) is 101 Å². The van der Waals surface area contributed by atoms with Gasteiger partial charge in [0, 0.05) is 19.6 Å². The van der Waals surface area contributed by atoms with Crippen molar-refractivity contribution in [3.8, 4) is 0 Å². The highest BCUT2D eigenvalue weighted by molar-refractivity contribution is 6.04. The van der Waals surface area contributed by atoms with Crippen LogP contribution in [0, 0.1) is 11.7 Å². The number of hydrogen-bond acceptors (Lipinski definition) is 7. The Balaban J connectivity index is 1.32. The van der Waals surface area contributed by atoms with Crippen LogP contribution in [-0.4, -0.2) is 87.8 Å². The van der Waals surface area contributed by atoms with Crippen LogP contribution >= 0.6 is 0 Å². The Morgan fingerprint density at radius 2 is 2.03 bits per heavy atom. The Hall–Kier alpha value is -2.30. The van der Waals surface area contributed by atoms with Gasteiger partial charge in [-0.15, -0.1) is 5.10 Å². The number of fused-ring (bicyclic) bond motifs is 4. The van der Waals surface area contributed by atoms with E-state index in [2.05, 4.69) is 32.1 Å². The Morgan fingerprint density at radius 3 is 2.76 bits per heavy atom. The van der Waals surface area contributed by atoms with Crippen LogP contribution in [0.25, 0.3) is 5.65 Å². The van der Waals surface area contributed by atoms with E-state index in [1.54, 1.807) is 0 Å². The van der Waals surface area contributed by atoms with Crippen LogP contribution in [0.3, 0.4) is 0 Å². The van der Waals surface area contributed by atoms with Gasteiger partial charge < -0.3 is 25.6 Å². The first-order valence-corrected chi connectivity index (χ1v) is 12.7. The molecule has 4 aliphatic rings. The molecule has 0 saturated carbocycles.